The molecule has 0 unspecified atom stereocenters. The number of ether oxygens (including phenoxy) is 1. The molecule has 0 aliphatic heterocycles. The predicted octanol–water partition coefficient (Wildman–Crippen LogP) is 4.74. The smallest absolute Gasteiger partial charge is 0.330 e. The van der Waals surface area contributed by atoms with Crippen molar-refractivity contribution < 1.29 is 14.3 Å². The van der Waals surface area contributed by atoms with E-state index in [0.717, 1.165) is 25.0 Å². The van der Waals surface area contributed by atoms with Crippen LogP contribution in [-0.4, -0.2) is 18.5 Å². The number of hydrogen-bond donors (Lipinski definition) is 1. The van der Waals surface area contributed by atoms with Crippen molar-refractivity contribution in [1.82, 2.24) is 0 Å². The summed E-state index contributed by atoms with van der Waals surface area (Å²) in [5.74, 6) is -0.881. The Morgan fingerprint density at radius 2 is 1.70 bits per heavy atom. The Kier molecular flexibility index (Phi) is 9.80. The van der Waals surface area contributed by atoms with E-state index < -0.39 is 5.97 Å². The van der Waals surface area contributed by atoms with Crippen molar-refractivity contribution >= 4 is 29.2 Å². The van der Waals surface area contributed by atoms with Gasteiger partial charge < -0.3 is 10.1 Å². The van der Waals surface area contributed by atoms with Crippen LogP contribution in [0.4, 0.5) is 5.69 Å². The highest BCUT2D eigenvalue weighted by atomic mass is 35.5. The Morgan fingerprint density at radius 3 is 2.39 bits per heavy atom. The summed E-state index contributed by atoms with van der Waals surface area (Å²) in [5, 5.41) is 3.22. The third-order valence-electron chi connectivity index (χ3n) is 3.22. The zero-order chi connectivity index (χ0) is 16.9. The number of esters is 1. The Morgan fingerprint density at radius 1 is 1.04 bits per heavy atom. The van der Waals surface area contributed by atoms with Gasteiger partial charge in [0.05, 0.1) is 6.61 Å². The maximum atomic E-state index is 11.6. The molecule has 0 aliphatic carbocycles. The number of nitrogens with one attached hydrogen (secondary N) is 1. The molecule has 0 fully saturated rings. The van der Waals surface area contributed by atoms with E-state index in [-0.39, 0.29) is 5.91 Å². The molecule has 5 heteroatoms. The molecule has 1 amide bonds. The number of anilines is 1. The first-order valence-corrected chi connectivity index (χ1v) is 8.41. The van der Waals surface area contributed by atoms with Crippen LogP contribution in [0.15, 0.2) is 36.4 Å². The maximum absolute atomic E-state index is 11.6. The molecule has 0 saturated heterocycles. The lowest BCUT2D eigenvalue weighted by Crippen LogP contribution is -2.09. The zero-order valence-electron chi connectivity index (χ0n) is 13.5. The van der Waals surface area contributed by atoms with Crippen LogP contribution in [0.3, 0.4) is 0 Å². The summed E-state index contributed by atoms with van der Waals surface area (Å²) < 4.78 is 5.04. The fourth-order valence-electron chi connectivity index (χ4n) is 1.96. The first kappa shape index (κ1) is 19.2. The van der Waals surface area contributed by atoms with Gasteiger partial charge in [-0.3, -0.25) is 4.79 Å². The van der Waals surface area contributed by atoms with Crippen molar-refractivity contribution in [2.45, 2.75) is 45.4 Å². The normalized spacial score (nSPS) is 10.7. The summed E-state index contributed by atoms with van der Waals surface area (Å²) >= 11 is 5.76. The lowest BCUT2D eigenvalue weighted by atomic mass is 10.1. The van der Waals surface area contributed by atoms with Gasteiger partial charge in [-0.1, -0.05) is 50.6 Å². The van der Waals surface area contributed by atoms with Gasteiger partial charge >= 0.3 is 5.97 Å². The van der Waals surface area contributed by atoms with Crippen molar-refractivity contribution in [3.8, 4) is 0 Å². The van der Waals surface area contributed by atoms with Crippen LogP contribution in [0.1, 0.15) is 45.4 Å². The second-order valence-corrected chi connectivity index (χ2v) is 5.70. The largest absolute Gasteiger partial charge is 0.463 e. The number of hydrogen-bond acceptors (Lipinski definition) is 3. The number of rotatable bonds is 10. The molecule has 1 aromatic carbocycles. The van der Waals surface area contributed by atoms with Crippen LogP contribution in [0, 0.1) is 0 Å². The standard InChI is InChI=1S/C18H24ClNO3/c1-2-3-4-5-6-7-14-23-18(22)13-12-17(21)20-16-10-8-15(19)9-11-16/h8-13H,2-7,14H2,1H3,(H,20,21)/b13-12+. The van der Waals surface area contributed by atoms with E-state index in [2.05, 4.69) is 12.2 Å². The van der Waals surface area contributed by atoms with E-state index in [4.69, 9.17) is 16.3 Å². The van der Waals surface area contributed by atoms with E-state index in [1.54, 1.807) is 24.3 Å². The third-order valence-corrected chi connectivity index (χ3v) is 3.48. The predicted molar refractivity (Wildman–Crippen MR) is 93.6 cm³/mol. The number of carbonyl (C=O) groups excluding carboxylic acids is 2. The average molecular weight is 338 g/mol. The van der Waals surface area contributed by atoms with Crippen LogP contribution < -0.4 is 5.32 Å². The minimum atomic E-state index is -0.496. The summed E-state index contributed by atoms with van der Waals surface area (Å²) in [7, 11) is 0. The second-order valence-electron chi connectivity index (χ2n) is 5.26. The van der Waals surface area contributed by atoms with Crippen molar-refractivity contribution in [2.75, 3.05) is 11.9 Å². The summed E-state index contributed by atoms with van der Waals surface area (Å²) in [4.78, 5) is 23.1. The van der Waals surface area contributed by atoms with Crippen molar-refractivity contribution in [3.63, 3.8) is 0 Å². The van der Waals surface area contributed by atoms with E-state index in [1.165, 1.54) is 25.7 Å². The van der Waals surface area contributed by atoms with Crippen LogP contribution in [-0.2, 0) is 14.3 Å². The summed E-state index contributed by atoms with van der Waals surface area (Å²) in [6.07, 6.45) is 9.11. The van der Waals surface area contributed by atoms with Gasteiger partial charge in [-0.25, -0.2) is 4.79 Å². The SMILES string of the molecule is CCCCCCCCOC(=O)/C=C/C(=O)Nc1ccc(Cl)cc1. The highest BCUT2D eigenvalue weighted by Gasteiger charge is 2.01. The lowest BCUT2D eigenvalue weighted by molar-refractivity contribution is -0.138. The molecular weight excluding hydrogens is 314 g/mol. The molecule has 1 rings (SSSR count). The quantitative estimate of drug-likeness (QED) is 0.381. The van der Waals surface area contributed by atoms with Crippen LogP contribution in [0.2, 0.25) is 5.02 Å². The highest BCUT2D eigenvalue weighted by molar-refractivity contribution is 6.30. The van der Waals surface area contributed by atoms with Gasteiger partial charge in [0.25, 0.3) is 0 Å². The first-order chi connectivity index (χ1) is 11.1. The Labute approximate surface area is 142 Å². The van der Waals surface area contributed by atoms with Crippen molar-refractivity contribution in [1.29, 1.82) is 0 Å². The molecule has 4 nitrogen and oxygen atoms in total. The third kappa shape index (κ3) is 9.74. The second kappa shape index (κ2) is 11.7. The highest BCUT2D eigenvalue weighted by Crippen LogP contribution is 2.13. The van der Waals surface area contributed by atoms with Crippen LogP contribution in [0.25, 0.3) is 0 Å². The van der Waals surface area contributed by atoms with E-state index in [9.17, 15) is 9.59 Å². The van der Waals surface area contributed by atoms with E-state index in [1.807, 2.05) is 0 Å². The monoisotopic (exact) mass is 337 g/mol. The molecule has 0 atom stereocenters. The molecule has 0 heterocycles. The van der Waals surface area contributed by atoms with Gasteiger partial charge in [0.1, 0.15) is 0 Å². The summed E-state index contributed by atoms with van der Waals surface area (Å²) in [6.45, 7) is 2.57. The molecule has 0 aromatic heterocycles. The summed E-state index contributed by atoms with van der Waals surface area (Å²) in [5.41, 5.74) is 0.615. The first-order valence-electron chi connectivity index (χ1n) is 8.03. The molecule has 0 radical (unpaired) electrons. The van der Waals surface area contributed by atoms with Crippen LogP contribution >= 0.6 is 11.6 Å². The van der Waals surface area contributed by atoms with E-state index >= 15 is 0 Å². The van der Waals surface area contributed by atoms with Crippen molar-refractivity contribution in [3.05, 3.63) is 41.4 Å². The molecule has 0 aliphatic rings. The minimum Gasteiger partial charge on any atom is -0.463 e. The average Bonchev–Trinajstić information content (AvgIpc) is 2.54. The molecule has 126 valence electrons. The molecular formula is C18H24ClNO3. The Bertz CT molecular complexity index is 512. The van der Waals surface area contributed by atoms with Gasteiger partial charge in [0, 0.05) is 22.9 Å². The fourth-order valence-corrected chi connectivity index (χ4v) is 2.09. The van der Waals surface area contributed by atoms with Gasteiger partial charge in [0.2, 0.25) is 5.91 Å². The fraction of sp³-hybridized carbons (Fsp3) is 0.444. The number of benzene rings is 1. The Balaban J connectivity index is 2.16. The van der Waals surface area contributed by atoms with Crippen LogP contribution in [0.5, 0.6) is 0 Å². The Hall–Kier alpha value is -1.81. The summed E-state index contributed by atoms with van der Waals surface area (Å²) in [6, 6.07) is 6.72. The zero-order valence-corrected chi connectivity index (χ0v) is 14.3. The number of amides is 1. The molecule has 0 spiro atoms. The molecule has 0 saturated carbocycles. The maximum Gasteiger partial charge on any atom is 0.330 e. The number of halogens is 1. The molecule has 23 heavy (non-hydrogen) atoms. The topological polar surface area (TPSA) is 55.4 Å². The van der Waals surface area contributed by atoms with E-state index in [0.29, 0.717) is 17.3 Å². The number of unbranched alkanes of at least 4 members (excludes halogenated alkanes) is 5. The number of carbonyl (C=O) groups is 2. The van der Waals surface area contributed by atoms with Gasteiger partial charge in [-0.2, -0.15) is 0 Å². The molecule has 0 bridgehead atoms. The minimum absolute atomic E-state index is 0.385. The van der Waals surface area contributed by atoms with Gasteiger partial charge in [-0.05, 0) is 30.7 Å². The lowest BCUT2D eigenvalue weighted by Gasteiger charge is -2.03. The van der Waals surface area contributed by atoms with Gasteiger partial charge in [-0.15, -0.1) is 0 Å². The van der Waals surface area contributed by atoms with Gasteiger partial charge in [0.15, 0.2) is 0 Å². The molecule has 1 aromatic rings. The van der Waals surface area contributed by atoms with Crippen molar-refractivity contribution in [2.24, 2.45) is 0 Å². The molecule has 1 N–H and O–H groups in total.